The highest BCUT2D eigenvalue weighted by Gasteiger charge is 2.14. The van der Waals surface area contributed by atoms with Crippen LogP contribution in [-0.2, 0) is 0 Å². The maximum Gasteiger partial charge on any atom is 0.131 e. The van der Waals surface area contributed by atoms with Crippen molar-refractivity contribution in [3.8, 4) is 22.3 Å². The molecule has 0 N–H and O–H groups in total. The Balaban J connectivity index is 2.11. The van der Waals surface area contributed by atoms with Gasteiger partial charge in [-0.1, -0.05) is 60.7 Å². The summed E-state index contributed by atoms with van der Waals surface area (Å²) in [4.78, 5) is 0. The van der Waals surface area contributed by atoms with Crippen molar-refractivity contribution < 1.29 is 8.78 Å². The molecule has 0 atom stereocenters. The van der Waals surface area contributed by atoms with Crippen molar-refractivity contribution in [3.63, 3.8) is 0 Å². The lowest BCUT2D eigenvalue weighted by Crippen LogP contribution is -1.91. The van der Waals surface area contributed by atoms with E-state index in [1.165, 1.54) is 12.1 Å². The molecule has 0 spiro atoms. The third-order valence-electron chi connectivity index (χ3n) is 4.56. The zero-order chi connectivity index (χ0) is 17.4. The number of rotatable bonds is 2. The highest BCUT2D eigenvalue weighted by Crippen LogP contribution is 2.38. The third kappa shape index (κ3) is 2.70. The molecule has 0 aliphatic rings. The van der Waals surface area contributed by atoms with Gasteiger partial charge in [0.25, 0.3) is 0 Å². The summed E-state index contributed by atoms with van der Waals surface area (Å²) in [6, 6.07) is 23.4. The fourth-order valence-electron chi connectivity index (χ4n) is 3.37. The van der Waals surface area contributed by atoms with Crippen LogP contribution >= 0.6 is 0 Å². The first-order valence-corrected chi connectivity index (χ1v) is 8.18. The SMILES string of the molecule is Cc1ccccc1-c1cccc2cccc(-c3cc(F)ccc3F)c12. The number of fused-ring (bicyclic) bond motifs is 1. The summed E-state index contributed by atoms with van der Waals surface area (Å²) < 4.78 is 28.2. The second-order valence-electron chi connectivity index (χ2n) is 6.15. The minimum absolute atomic E-state index is 0.284. The summed E-state index contributed by atoms with van der Waals surface area (Å²) in [7, 11) is 0. The average molecular weight is 330 g/mol. The minimum atomic E-state index is -0.443. The Morgan fingerprint density at radius 3 is 1.96 bits per heavy atom. The molecule has 0 amide bonds. The Morgan fingerprint density at radius 2 is 1.24 bits per heavy atom. The van der Waals surface area contributed by atoms with Gasteiger partial charge in [-0.15, -0.1) is 0 Å². The van der Waals surface area contributed by atoms with Crippen molar-refractivity contribution >= 4 is 10.8 Å². The van der Waals surface area contributed by atoms with Gasteiger partial charge in [-0.2, -0.15) is 0 Å². The molecule has 4 rings (SSSR count). The highest BCUT2D eigenvalue weighted by atomic mass is 19.1. The van der Waals surface area contributed by atoms with E-state index in [0.29, 0.717) is 5.56 Å². The standard InChI is InChI=1S/C23H16F2/c1-15-6-2-3-9-18(15)19-10-4-7-16-8-5-11-20(23(16)19)21-14-17(24)12-13-22(21)25/h2-14H,1H3. The molecule has 0 radical (unpaired) electrons. The van der Waals surface area contributed by atoms with E-state index in [2.05, 4.69) is 19.1 Å². The molecule has 25 heavy (non-hydrogen) atoms. The number of hydrogen-bond acceptors (Lipinski definition) is 0. The molecular weight excluding hydrogens is 314 g/mol. The van der Waals surface area contributed by atoms with Crippen LogP contribution in [-0.4, -0.2) is 0 Å². The molecule has 0 aromatic heterocycles. The predicted octanol–water partition coefficient (Wildman–Crippen LogP) is 6.76. The maximum atomic E-state index is 14.4. The molecule has 0 nitrogen and oxygen atoms in total. The van der Waals surface area contributed by atoms with Crippen molar-refractivity contribution in [2.45, 2.75) is 6.92 Å². The molecule has 0 heterocycles. The Morgan fingerprint density at radius 1 is 0.600 bits per heavy atom. The summed E-state index contributed by atoms with van der Waals surface area (Å²) in [5.74, 6) is -0.865. The van der Waals surface area contributed by atoms with Crippen LogP contribution < -0.4 is 0 Å². The van der Waals surface area contributed by atoms with E-state index < -0.39 is 11.6 Å². The number of aryl methyl sites for hydroxylation is 1. The molecule has 0 aliphatic heterocycles. The Hall–Kier alpha value is -3.00. The van der Waals surface area contributed by atoms with Gasteiger partial charge in [-0.05, 0) is 58.1 Å². The van der Waals surface area contributed by atoms with Crippen LogP contribution in [0.1, 0.15) is 5.56 Å². The lowest BCUT2D eigenvalue weighted by Gasteiger charge is -2.14. The van der Waals surface area contributed by atoms with Gasteiger partial charge in [0.2, 0.25) is 0 Å². The molecule has 122 valence electrons. The van der Waals surface area contributed by atoms with E-state index >= 15 is 0 Å². The van der Waals surface area contributed by atoms with Gasteiger partial charge in [0.1, 0.15) is 11.6 Å². The smallest absolute Gasteiger partial charge is 0.131 e. The topological polar surface area (TPSA) is 0 Å². The van der Waals surface area contributed by atoms with Crippen LogP contribution in [0, 0.1) is 18.6 Å². The molecule has 4 aromatic carbocycles. The Bertz CT molecular complexity index is 1080. The fourth-order valence-corrected chi connectivity index (χ4v) is 3.37. The maximum absolute atomic E-state index is 14.4. The van der Waals surface area contributed by atoms with E-state index in [-0.39, 0.29) is 5.56 Å². The molecule has 4 aromatic rings. The minimum Gasteiger partial charge on any atom is -0.207 e. The molecule has 0 aliphatic carbocycles. The van der Waals surface area contributed by atoms with E-state index in [1.807, 2.05) is 48.5 Å². The van der Waals surface area contributed by atoms with Crippen molar-refractivity contribution in [3.05, 3.63) is 96.1 Å². The fraction of sp³-hybridized carbons (Fsp3) is 0.0435. The molecule has 0 unspecified atom stereocenters. The lowest BCUT2D eigenvalue weighted by atomic mass is 9.90. The Kier molecular flexibility index (Phi) is 3.81. The van der Waals surface area contributed by atoms with E-state index in [0.717, 1.165) is 33.5 Å². The van der Waals surface area contributed by atoms with Gasteiger partial charge < -0.3 is 0 Å². The summed E-state index contributed by atoms with van der Waals surface area (Å²) in [5.41, 5.74) is 4.25. The number of halogens is 2. The van der Waals surface area contributed by atoms with Crippen molar-refractivity contribution in [2.24, 2.45) is 0 Å². The first-order chi connectivity index (χ1) is 12.1. The monoisotopic (exact) mass is 330 g/mol. The van der Waals surface area contributed by atoms with E-state index in [4.69, 9.17) is 0 Å². The third-order valence-corrected chi connectivity index (χ3v) is 4.56. The molecule has 2 heteroatoms. The van der Waals surface area contributed by atoms with Crippen molar-refractivity contribution in [1.82, 2.24) is 0 Å². The lowest BCUT2D eigenvalue weighted by molar-refractivity contribution is 0.603. The summed E-state index contributed by atoms with van der Waals surface area (Å²) in [6.07, 6.45) is 0. The second kappa shape index (κ2) is 6.14. The molecule has 0 saturated heterocycles. The van der Waals surface area contributed by atoms with Crippen LogP contribution in [0.5, 0.6) is 0 Å². The zero-order valence-electron chi connectivity index (χ0n) is 13.8. The van der Waals surface area contributed by atoms with Crippen molar-refractivity contribution in [1.29, 1.82) is 0 Å². The normalized spacial score (nSPS) is 11.0. The molecular formula is C23H16F2. The predicted molar refractivity (Wildman–Crippen MR) is 99.5 cm³/mol. The van der Waals surface area contributed by atoms with Crippen molar-refractivity contribution in [2.75, 3.05) is 0 Å². The van der Waals surface area contributed by atoms with Crippen LogP contribution in [0.3, 0.4) is 0 Å². The van der Waals surface area contributed by atoms with Gasteiger partial charge >= 0.3 is 0 Å². The van der Waals surface area contributed by atoms with Crippen LogP contribution in [0.15, 0.2) is 78.9 Å². The molecule has 0 fully saturated rings. The number of benzene rings is 4. The molecule has 0 saturated carbocycles. The largest absolute Gasteiger partial charge is 0.207 e. The Labute approximate surface area is 145 Å². The van der Waals surface area contributed by atoms with Gasteiger partial charge in [-0.3, -0.25) is 0 Å². The summed E-state index contributed by atoms with van der Waals surface area (Å²) in [6.45, 7) is 2.06. The van der Waals surface area contributed by atoms with Gasteiger partial charge in [0.05, 0.1) is 0 Å². The van der Waals surface area contributed by atoms with Gasteiger partial charge in [0.15, 0.2) is 0 Å². The van der Waals surface area contributed by atoms with Crippen LogP contribution in [0.25, 0.3) is 33.0 Å². The highest BCUT2D eigenvalue weighted by molar-refractivity contribution is 6.06. The van der Waals surface area contributed by atoms with Gasteiger partial charge in [0, 0.05) is 5.56 Å². The average Bonchev–Trinajstić information content (AvgIpc) is 2.63. The first kappa shape index (κ1) is 15.5. The van der Waals surface area contributed by atoms with E-state index in [9.17, 15) is 8.78 Å². The summed E-state index contributed by atoms with van der Waals surface area (Å²) in [5, 5.41) is 1.94. The van der Waals surface area contributed by atoms with Crippen LogP contribution in [0.2, 0.25) is 0 Å². The zero-order valence-corrected chi connectivity index (χ0v) is 13.8. The quantitative estimate of drug-likeness (QED) is 0.381. The van der Waals surface area contributed by atoms with Gasteiger partial charge in [-0.25, -0.2) is 8.78 Å². The first-order valence-electron chi connectivity index (χ1n) is 8.18. The van der Waals surface area contributed by atoms with E-state index in [1.54, 1.807) is 0 Å². The summed E-state index contributed by atoms with van der Waals surface area (Å²) >= 11 is 0. The van der Waals surface area contributed by atoms with Crippen LogP contribution in [0.4, 0.5) is 8.78 Å². The second-order valence-corrected chi connectivity index (χ2v) is 6.15. The number of hydrogen-bond donors (Lipinski definition) is 0. The molecule has 0 bridgehead atoms.